The van der Waals surface area contributed by atoms with Crippen molar-refractivity contribution in [3.8, 4) is 5.75 Å². The largest absolute Gasteiger partial charge is 0.495 e. The van der Waals surface area contributed by atoms with Crippen molar-refractivity contribution in [1.29, 1.82) is 0 Å². The lowest BCUT2D eigenvalue weighted by Crippen LogP contribution is -2.29. The van der Waals surface area contributed by atoms with E-state index < -0.39 is 0 Å². The van der Waals surface area contributed by atoms with E-state index in [1.54, 1.807) is 13.2 Å². The summed E-state index contributed by atoms with van der Waals surface area (Å²) >= 11 is 0. The molecule has 0 aliphatic carbocycles. The quantitative estimate of drug-likeness (QED) is 0.792. The third-order valence-corrected chi connectivity index (χ3v) is 3.25. The van der Waals surface area contributed by atoms with Gasteiger partial charge in [0.2, 0.25) is 0 Å². The molecule has 0 bridgehead atoms. The van der Waals surface area contributed by atoms with Crippen LogP contribution in [0.2, 0.25) is 0 Å². The van der Waals surface area contributed by atoms with Crippen molar-refractivity contribution in [2.75, 3.05) is 30.8 Å². The first-order chi connectivity index (χ1) is 8.53. The van der Waals surface area contributed by atoms with Gasteiger partial charge in [0.1, 0.15) is 11.6 Å². The number of nitrogens with two attached hydrogens (primary N) is 1. The standard InChI is InChI=1S/C14H23FN2O/c1-5-10(3)9-17(6-2)13-8-14(18-4)12(16)7-11(13)15/h7-8,10H,5-6,9,16H2,1-4H3. The maximum Gasteiger partial charge on any atom is 0.148 e. The Balaban J connectivity index is 3.04. The molecule has 18 heavy (non-hydrogen) atoms. The maximum atomic E-state index is 14.0. The molecular formula is C14H23FN2O. The number of nitrogens with zero attached hydrogens (tertiary/aromatic N) is 1. The molecule has 0 fully saturated rings. The van der Waals surface area contributed by atoms with Crippen molar-refractivity contribution in [1.82, 2.24) is 0 Å². The van der Waals surface area contributed by atoms with Crippen LogP contribution in [0.1, 0.15) is 27.2 Å². The lowest BCUT2D eigenvalue weighted by molar-refractivity contribution is 0.415. The predicted octanol–water partition coefficient (Wildman–Crippen LogP) is 3.29. The Morgan fingerprint density at radius 1 is 1.39 bits per heavy atom. The molecule has 1 unspecified atom stereocenters. The Kier molecular flexibility index (Phi) is 5.25. The van der Waals surface area contributed by atoms with E-state index in [4.69, 9.17) is 10.5 Å². The Morgan fingerprint density at radius 3 is 2.56 bits per heavy atom. The van der Waals surface area contributed by atoms with Gasteiger partial charge in [0.25, 0.3) is 0 Å². The summed E-state index contributed by atoms with van der Waals surface area (Å²) in [4.78, 5) is 2.02. The van der Waals surface area contributed by atoms with Crippen LogP contribution in [-0.2, 0) is 0 Å². The first kappa shape index (κ1) is 14.6. The molecule has 0 amide bonds. The summed E-state index contributed by atoms with van der Waals surface area (Å²) in [6, 6.07) is 3.00. The van der Waals surface area contributed by atoms with Gasteiger partial charge in [0.05, 0.1) is 18.5 Å². The second-order valence-electron chi connectivity index (χ2n) is 4.60. The number of halogens is 1. The minimum Gasteiger partial charge on any atom is -0.495 e. The van der Waals surface area contributed by atoms with Gasteiger partial charge < -0.3 is 15.4 Å². The fraction of sp³-hybridized carbons (Fsp3) is 0.571. The SMILES string of the molecule is CCC(C)CN(CC)c1cc(OC)c(N)cc1F. The third kappa shape index (κ3) is 3.28. The van der Waals surface area contributed by atoms with E-state index in [1.165, 1.54) is 6.07 Å². The fourth-order valence-corrected chi connectivity index (χ4v) is 1.88. The molecular weight excluding hydrogens is 231 g/mol. The summed E-state index contributed by atoms with van der Waals surface area (Å²) in [5, 5.41) is 0. The van der Waals surface area contributed by atoms with Crippen molar-refractivity contribution >= 4 is 11.4 Å². The highest BCUT2D eigenvalue weighted by molar-refractivity contribution is 5.63. The van der Waals surface area contributed by atoms with Crippen LogP contribution in [-0.4, -0.2) is 20.2 Å². The molecule has 3 nitrogen and oxygen atoms in total. The van der Waals surface area contributed by atoms with E-state index in [0.29, 0.717) is 23.0 Å². The molecule has 2 N–H and O–H groups in total. The Bertz CT molecular complexity index is 396. The topological polar surface area (TPSA) is 38.5 Å². The van der Waals surface area contributed by atoms with Crippen molar-refractivity contribution < 1.29 is 9.13 Å². The third-order valence-electron chi connectivity index (χ3n) is 3.25. The van der Waals surface area contributed by atoms with Crippen LogP contribution in [0.15, 0.2) is 12.1 Å². The molecule has 4 heteroatoms. The zero-order valence-electron chi connectivity index (χ0n) is 11.7. The normalized spacial score (nSPS) is 12.3. The van der Waals surface area contributed by atoms with E-state index in [9.17, 15) is 4.39 Å². The number of hydrogen-bond donors (Lipinski definition) is 1. The number of anilines is 2. The van der Waals surface area contributed by atoms with Gasteiger partial charge in [0.15, 0.2) is 0 Å². The van der Waals surface area contributed by atoms with Crippen LogP contribution < -0.4 is 15.4 Å². The first-order valence-electron chi connectivity index (χ1n) is 6.41. The molecule has 0 saturated heterocycles. The van der Waals surface area contributed by atoms with E-state index in [1.807, 2.05) is 11.8 Å². The minimum atomic E-state index is -0.293. The highest BCUT2D eigenvalue weighted by Gasteiger charge is 2.15. The van der Waals surface area contributed by atoms with Crippen LogP contribution in [0, 0.1) is 11.7 Å². The van der Waals surface area contributed by atoms with Crippen molar-refractivity contribution in [3.05, 3.63) is 17.9 Å². The number of rotatable bonds is 6. The molecule has 0 radical (unpaired) electrons. The molecule has 0 aliphatic heterocycles. The summed E-state index contributed by atoms with van der Waals surface area (Å²) in [6.07, 6.45) is 1.07. The number of benzene rings is 1. The summed E-state index contributed by atoms with van der Waals surface area (Å²) in [7, 11) is 1.54. The number of methoxy groups -OCH3 is 1. The lowest BCUT2D eigenvalue weighted by atomic mass is 10.1. The van der Waals surface area contributed by atoms with E-state index in [0.717, 1.165) is 19.5 Å². The van der Waals surface area contributed by atoms with Gasteiger partial charge in [-0.25, -0.2) is 4.39 Å². The van der Waals surface area contributed by atoms with E-state index in [-0.39, 0.29) is 5.82 Å². The fourth-order valence-electron chi connectivity index (χ4n) is 1.88. The highest BCUT2D eigenvalue weighted by atomic mass is 19.1. The molecule has 1 aromatic carbocycles. The number of ether oxygens (including phenoxy) is 1. The summed E-state index contributed by atoms with van der Waals surface area (Å²) in [5.74, 6) is 0.750. The number of hydrogen-bond acceptors (Lipinski definition) is 3. The molecule has 0 spiro atoms. The predicted molar refractivity (Wildman–Crippen MR) is 74.7 cm³/mol. The molecule has 0 heterocycles. The molecule has 102 valence electrons. The van der Waals surface area contributed by atoms with E-state index in [2.05, 4.69) is 13.8 Å². The van der Waals surface area contributed by atoms with Crippen LogP contribution in [0.25, 0.3) is 0 Å². The van der Waals surface area contributed by atoms with Crippen molar-refractivity contribution in [2.24, 2.45) is 5.92 Å². The maximum absolute atomic E-state index is 14.0. The summed E-state index contributed by atoms with van der Waals surface area (Å²) < 4.78 is 19.1. The van der Waals surface area contributed by atoms with Crippen LogP contribution in [0.3, 0.4) is 0 Å². The van der Waals surface area contributed by atoms with Gasteiger partial charge >= 0.3 is 0 Å². The highest BCUT2D eigenvalue weighted by Crippen LogP contribution is 2.31. The Labute approximate surface area is 109 Å². The molecule has 0 aliphatic rings. The van der Waals surface area contributed by atoms with E-state index >= 15 is 0 Å². The van der Waals surface area contributed by atoms with Crippen molar-refractivity contribution in [3.63, 3.8) is 0 Å². The average Bonchev–Trinajstić information content (AvgIpc) is 2.36. The Hall–Kier alpha value is -1.45. The zero-order valence-corrected chi connectivity index (χ0v) is 11.7. The summed E-state index contributed by atoms with van der Waals surface area (Å²) in [5.41, 5.74) is 6.58. The number of nitrogen functional groups attached to an aromatic ring is 1. The minimum absolute atomic E-state index is 0.293. The second kappa shape index (κ2) is 6.47. The van der Waals surface area contributed by atoms with Gasteiger partial charge in [-0.05, 0) is 12.8 Å². The average molecular weight is 254 g/mol. The molecule has 0 saturated carbocycles. The van der Waals surface area contributed by atoms with Crippen LogP contribution in [0.4, 0.5) is 15.8 Å². The molecule has 1 aromatic rings. The monoisotopic (exact) mass is 254 g/mol. The van der Waals surface area contributed by atoms with Gasteiger partial charge in [-0.3, -0.25) is 0 Å². The molecule has 0 aromatic heterocycles. The van der Waals surface area contributed by atoms with Gasteiger partial charge in [-0.1, -0.05) is 20.3 Å². The Morgan fingerprint density at radius 2 is 2.06 bits per heavy atom. The van der Waals surface area contributed by atoms with Crippen LogP contribution in [0.5, 0.6) is 5.75 Å². The second-order valence-corrected chi connectivity index (χ2v) is 4.60. The first-order valence-corrected chi connectivity index (χ1v) is 6.41. The smallest absolute Gasteiger partial charge is 0.148 e. The van der Waals surface area contributed by atoms with Gasteiger partial charge in [-0.2, -0.15) is 0 Å². The van der Waals surface area contributed by atoms with Crippen molar-refractivity contribution in [2.45, 2.75) is 27.2 Å². The molecule has 1 atom stereocenters. The molecule has 1 rings (SSSR count). The summed E-state index contributed by atoms with van der Waals surface area (Å²) in [6.45, 7) is 7.91. The lowest BCUT2D eigenvalue weighted by Gasteiger charge is -2.27. The zero-order chi connectivity index (χ0) is 13.7. The van der Waals surface area contributed by atoms with Gasteiger partial charge in [-0.15, -0.1) is 0 Å². The van der Waals surface area contributed by atoms with Crippen LogP contribution >= 0.6 is 0 Å². The van der Waals surface area contributed by atoms with Gasteiger partial charge in [0, 0.05) is 25.2 Å².